The third-order valence-electron chi connectivity index (χ3n) is 3.42. The third kappa shape index (κ3) is 6.63. The summed E-state index contributed by atoms with van der Waals surface area (Å²) in [5, 5.41) is 9.61. The SMILES string of the molecule is CCCCN(CCCC)CCOC(=O)c1ccccc1O. The smallest absolute Gasteiger partial charge is 0.341 e. The molecule has 0 saturated carbocycles. The number of rotatable bonds is 10. The van der Waals surface area contributed by atoms with E-state index in [1.54, 1.807) is 18.2 Å². The highest BCUT2D eigenvalue weighted by molar-refractivity contribution is 5.92. The van der Waals surface area contributed by atoms with Crippen molar-refractivity contribution in [1.29, 1.82) is 0 Å². The monoisotopic (exact) mass is 293 g/mol. The van der Waals surface area contributed by atoms with E-state index in [-0.39, 0.29) is 11.3 Å². The maximum Gasteiger partial charge on any atom is 0.341 e. The summed E-state index contributed by atoms with van der Waals surface area (Å²) in [6.45, 7) is 7.56. The van der Waals surface area contributed by atoms with Gasteiger partial charge in [0.1, 0.15) is 17.9 Å². The van der Waals surface area contributed by atoms with Crippen LogP contribution in [0.4, 0.5) is 0 Å². The average molecular weight is 293 g/mol. The summed E-state index contributed by atoms with van der Waals surface area (Å²) >= 11 is 0. The van der Waals surface area contributed by atoms with Crippen LogP contribution in [0.2, 0.25) is 0 Å². The van der Waals surface area contributed by atoms with Crippen LogP contribution < -0.4 is 0 Å². The standard InChI is InChI=1S/C17H27NO3/c1-3-5-11-18(12-6-4-2)13-14-21-17(20)15-9-7-8-10-16(15)19/h7-10,19H,3-6,11-14H2,1-2H3. The number of phenolic OH excluding ortho intramolecular Hbond substituents is 1. The Bertz CT molecular complexity index is 412. The van der Waals surface area contributed by atoms with E-state index in [1.165, 1.54) is 18.9 Å². The van der Waals surface area contributed by atoms with Gasteiger partial charge in [-0.15, -0.1) is 0 Å². The topological polar surface area (TPSA) is 49.8 Å². The maximum absolute atomic E-state index is 11.9. The lowest BCUT2D eigenvalue weighted by Gasteiger charge is -2.21. The number of phenols is 1. The van der Waals surface area contributed by atoms with Gasteiger partial charge in [-0.2, -0.15) is 0 Å². The van der Waals surface area contributed by atoms with E-state index in [1.807, 2.05) is 0 Å². The minimum atomic E-state index is -0.459. The number of benzene rings is 1. The molecule has 0 aromatic heterocycles. The highest BCUT2D eigenvalue weighted by atomic mass is 16.5. The largest absolute Gasteiger partial charge is 0.507 e. The van der Waals surface area contributed by atoms with Crippen molar-refractivity contribution in [3.8, 4) is 5.75 Å². The number of ether oxygens (including phenoxy) is 1. The van der Waals surface area contributed by atoms with Gasteiger partial charge in [-0.3, -0.25) is 4.90 Å². The van der Waals surface area contributed by atoms with E-state index in [2.05, 4.69) is 18.7 Å². The van der Waals surface area contributed by atoms with Gasteiger partial charge in [0.05, 0.1) is 0 Å². The van der Waals surface area contributed by atoms with Crippen molar-refractivity contribution in [2.24, 2.45) is 0 Å². The summed E-state index contributed by atoms with van der Waals surface area (Å²) in [4.78, 5) is 14.2. The predicted molar refractivity (Wildman–Crippen MR) is 84.6 cm³/mol. The number of para-hydroxylation sites is 1. The molecule has 1 N–H and O–H groups in total. The number of esters is 1. The highest BCUT2D eigenvalue weighted by Crippen LogP contribution is 2.16. The summed E-state index contributed by atoms with van der Waals surface area (Å²) in [7, 11) is 0. The van der Waals surface area contributed by atoms with Gasteiger partial charge in [-0.05, 0) is 38.1 Å². The summed E-state index contributed by atoms with van der Waals surface area (Å²) in [5.74, 6) is -0.490. The molecule has 4 heteroatoms. The van der Waals surface area contributed by atoms with Gasteiger partial charge in [-0.25, -0.2) is 4.79 Å². The zero-order valence-corrected chi connectivity index (χ0v) is 13.2. The second-order valence-electron chi connectivity index (χ2n) is 5.20. The molecule has 0 heterocycles. The van der Waals surface area contributed by atoms with Crippen molar-refractivity contribution >= 4 is 5.97 Å². The molecule has 0 aliphatic heterocycles. The number of hydrogen-bond donors (Lipinski definition) is 1. The molecule has 4 nitrogen and oxygen atoms in total. The van der Waals surface area contributed by atoms with Gasteiger partial charge >= 0.3 is 5.97 Å². The first-order chi connectivity index (χ1) is 10.2. The molecule has 1 aromatic carbocycles. The van der Waals surface area contributed by atoms with Gasteiger partial charge in [-0.1, -0.05) is 38.8 Å². The van der Waals surface area contributed by atoms with Gasteiger partial charge in [0.15, 0.2) is 0 Å². The quantitative estimate of drug-likeness (QED) is 0.671. The molecule has 118 valence electrons. The van der Waals surface area contributed by atoms with Crippen LogP contribution in [0.25, 0.3) is 0 Å². The molecular weight excluding hydrogens is 266 g/mol. The van der Waals surface area contributed by atoms with Gasteiger partial charge < -0.3 is 9.84 Å². The lowest BCUT2D eigenvalue weighted by Crippen LogP contribution is -2.30. The van der Waals surface area contributed by atoms with Gasteiger partial charge in [0, 0.05) is 6.54 Å². The van der Waals surface area contributed by atoms with Crippen LogP contribution in [0.1, 0.15) is 49.9 Å². The van der Waals surface area contributed by atoms with Crippen LogP contribution in [0.5, 0.6) is 5.75 Å². The van der Waals surface area contributed by atoms with E-state index in [9.17, 15) is 9.90 Å². The number of carbonyl (C=O) groups is 1. The molecule has 0 aliphatic carbocycles. The number of nitrogens with zero attached hydrogens (tertiary/aromatic N) is 1. The molecule has 1 rings (SSSR count). The van der Waals surface area contributed by atoms with E-state index >= 15 is 0 Å². The van der Waals surface area contributed by atoms with Crippen molar-refractivity contribution in [1.82, 2.24) is 4.90 Å². The Hall–Kier alpha value is -1.55. The van der Waals surface area contributed by atoms with E-state index in [0.717, 1.165) is 32.5 Å². The highest BCUT2D eigenvalue weighted by Gasteiger charge is 2.12. The zero-order chi connectivity index (χ0) is 15.5. The predicted octanol–water partition coefficient (Wildman–Crippen LogP) is 3.45. The number of aromatic hydroxyl groups is 1. The molecule has 0 atom stereocenters. The normalized spacial score (nSPS) is 10.8. The van der Waals surface area contributed by atoms with Gasteiger partial charge in [0.25, 0.3) is 0 Å². The Morgan fingerprint density at radius 1 is 1.10 bits per heavy atom. The van der Waals surface area contributed by atoms with Crippen molar-refractivity contribution < 1.29 is 14.6 Å². The summed E-state index contributed by atoms with van der Waals surface area (Å²) in [5.41, 5.74) is 0.228. The van der Waals surface area contributed by atoms with Crippen molar-refractivity contribution in [3.05, 3.63) is 29.8 Å². The Morgan fingerprint density at radius 2 is 1.71 bits per heavy atom. The Kier molecular flexibility index (Phi) is 8.51. The zero-order valence-electron chi connectivity index (χ0n) is 13.2. The molecule has 0 bridgehead atoms. The Morgan fingerprint density at radius 3 is 2.29 bits per heavy atom. The lowest BCUT2D eigenvalue weighted by atomic mass is 10.2. The maximum atomic E-state index is 11.9. The van der Waals surface area contributed by atoms with Crippen LogP contribution in [0.3, 0.4) is 0 Å². The van der Waals surface area contributed by atoms with Crippen molar-refractivity contribution in [2.75, 3.05) is 26.2 Å². The number of hydrogen-bond acceptors (Lipinski definition) is 4. The molecule has 0 amide bonds. The van der Waals surface area contributed by atoms with Crippen LogP contribution in [0, 0.1) is 0 Å². The molecule has 21 heavy (non-hydrogen) atoms. The van der Waals surface area contributed by atoms with Gasteiger partial charge in [0.2, 0.25) is 0 Å². The molecular formula is C17H27NO3. The molecule has 0 aliphatic rings. The second kappa shape index (κ2) is 10.2. The van der Waals surface area contributed by atoms with Crippen LogP contribution >= 0.6 is 0 Å². The number of carbonyl (C=O) groups excluding carboxylic acids is 1. The van der Waals surface area contributed by atoms with Crippen LogP contribution in [-0.4, -0.2) is 42.2 Å². The Balaban J connectivity index is 2.38. The summed E-state index contributed by atoms with van der Waals surface area (Å²) in [6.07, 6.45) is 4.66. The fourth-order valence-electron chi connectivity index (χ4n) is 2.09. The van der Waals surface area contributed by atoms with Crippen LogP contribution in [-0.2, 0) is 4.74 Å². The first-order valence-electron chi connectivity index (χ1n) is 7.86. The minimum absolute atomic E-state index is 0.0312. The molecule has 0 unspecified atom stereocenters. The fraction of sp³-hybridized carbons (Fsp3) is 0.588. The van der Waals surface area contributed by atoms with Crippen molar-refractivity contribution in [3.63, 3.8) is 0 Å². The van der Waals surface area contributed by atoms with E-state index in [4.69, 9.17) is 4.74 Å². The lowest BCUT2D eigenvalue weighted by molar-refractivity contribution is 0.0457. The molecule has 0 saturated heterocycles. The minimum Gasteiger partial charge on any atom is -0.507 e. The molecule has 0 radical (unpaired) electrons. The third-order valence-corrected chi connectivity index (χ3v) is 3.42. The summed E-state index contributed by atoms with van der Waals surface area (Å²) in [6, 6.07) is 6.46. The molecule has 0 spiro atoms. The van der Waals surface area contributed by atoms with Crippen LogP contribution in [0.15, 0.2) is 24.3 Å². The molecule has 0 fully saturated rings. The average Bonchev–Trinajstić information content (AvgIpc) is 2.49. The second-order valence-corrected chi connectivity index (χ2v) is 5.20. The van der Waals surface area contributed by atoms with Crippen molar-refractivity contribution in [2.45, 2.75) is 39.5 Å². The number of unbranched alkanes of at least 4 members (excludes halogenated alkanes) is 2. The first kappa shape index (κ1) is 17.5. The first-order valence-corrected chi connectivity index (χ1v) is 7.86. The summed E-state index contributed by atoms with van der Waals surface area (Å²) < 4.78 is 5.26. The fourth-order valence-corrected chi connectivity index (χ4v) is 2.09. The molecule has 1 aromatic rings. The van der Waals surface area contributed by atoms with E-state index < -0.39 is 5.97 Å². The van der Waals surface area contributed by atoms with E-state index in [0.29, 0.717) is 6.61 Å². The Labute approximate surface area is 127 Å².